The molecule has 1 heterocycles. The van der Waals surface area contributed by atoms with E-state index in [1.54, 1.807) is 37.5 Å². The molecule has 2 aromatic rings. The molecule has 1 N–H and O–H groups in total. The zero-order chi connectivity index (χ0) is 13.1. The molecule has 0 saturated heterocycles. The Morgan fingerprint density at radius 1 is 1.56 bits per heavy atom. The van der Waals surface area contributed by atoms with E-state index < -0.39 is 5.97 Å². The van der Waals surface area contributed by atoms with Gasteiger partial charge in [0.05, 0.1) is 5.69 Å². The third kappa shape index (κ3) is 2.81. The van der Waals surface area contributed by atoms with E-state index in [1.807, 2.05) is 0 Å². The lowest BCUT2D eigenvalue weighted by Crippen LogP contribution is -2.05. The fourth-order valence-electron chi connectivity index (χ4n) is 1.51. The summed E-state index contributed by atoms with van der Waals surface area (Å²) in [6.07, 6.45) is 1.62. The highest BCUT2D eigenvalue weighted by Gasteiger charge is 2.12. The molecule has 18 heavy (non-hydrogen) atoms. The van der Waals surface area contributed by atoms with Crippen molar-refractivity contribution in [2.24, 2.45) is 7.05 Å². The number of nitrogens with zero attached hydrogens (tertiary/aromatic N) is 2. The van der Waals surface area contributed by atoms with Crippen LogP contribution < -0.4 is 4.74 Å². The number of aryl methyl sites for hydroxylation is 1. The van der Waals surface area contributed by atoms with Gasteiger partial charge in [0.2, 0.25) is 5.82 Å². The van der Waals surface area contributed by atoms with Crippen molar-refractivity contribution in [3.63, 3.8) is 0 Å². The second-order valence-electron chi connectivity index (χ2n) is 3.72. The third-order valence-electron chi connectivity index (χ3n) is 2.30. The molecule has 94 valence electrons. The van der Waals surface area contributed by atoms with E-state index in [-0.39, 0.29) is 12.4 Å². The Labute approximate surface area is 109 Å². The lowest BCUT2D eigenvalue weighted by molar-refractivity contribution is 0.0679. The van der Waals surface area contributed by atoms with E-state index >= 15 is 0 Å². The lowest BCUT2D eigenvalue weighted by Gasteiger charge is -2.03. The van der Waals surface area contributed by atoms with Gasteiger partial charge in [-0.25, -0.2) is 9.78 Å². The minimum absolute atomic E-state index is 0.0142. The molecule has 2 rings (SSSR count). The van der Waals surface area contributed by atoms with Crippen LogP contribution in [-0.4, -0.2) is 20.6 Å². The van der Waals surface area contributed by atoms with E-state index in [2.05, 4.69) is 4.98 Å². The third-order valence-corrected chi connectivity index (χ3v) is 2.54. The summed E-state index contributed by atoms with van der Waals surface area (Å²) in [5.41, 5.74) is 0.551. The van der Waals surface area contributed by atoms with Crippen LogP contribution in [0, 0.1) is 0 Å². The number of hydrogen-bond acceptors (Lipinski definition) is 3. The van der Waals surface area contributed by atoms with Gasteiger partial charge in [-0.05, 0) is 18.2 Å². The minimum Gasteiger partial charge on any atom is -0.487 e. The molecule has 0 atom stereocenters. The van der Waals surface area contributed by atoms with Gasteiger partial charge >= 0.3 is 5.97 Å². The molecular formula is C12H11ClN2O3. The molecule has 0 radical (unpaired) electrons. The van der Waals surface area contributed by atoms with Crippen LogP contribution in [0.3, 0.4) is 0 Å². The molecule has 5 nitrogen and oxygen atoms in total. The average molecular weight is 267 g/mol. The zero-order valence-corrected chi connectivity index (χ0v) is 10.4. The standard InChI is InChI=1S/C12H11ClN2O3/c1-15-6-9(14-11(15)12(16)17)7-18-10-4-2-3-8(13)5-10/h2-6H,7H2,1H3,(H,16,17). The van der Waals surface area contributed by atoms with Crippen LogP contribution in [0.2, 0.25) is 5.02 Å². The maximum Gasteiger partial charge on any atom is 0.372 e. The first-order valence-corrected chi connectivity index (χ1v) is 5.58. The van der Waals surface area contributed by atoms with E-state index in [4.69, 9.17) is 21.4 Å². The van der Waals surface area contributed by atoms with Crippen LogP contribution in [0.4, 0.5) is 0 Å². The first-order chi connectivity index (χ1) is 8.56. The molecule has 0 amide bonds. The number of benzene rings is 1. The average Bonchev–Trinajstić information content (AvgIpc) is 2.68. The number of hydrogen-bond donors (Lipinski definition) is 1. The number of aromatic carboxylic acids is 1. The van der Waals surface area contributed by atoms with E-state index in [0.717, 1.165) is 0 Å². The second-order valence-corrected chi connectivity index (χ2v) is 4.15. The largest absolute Gasteiger partial charge is 0.487 e. The summed E-state index contributed by atoms with van der Waals surface area (Å²) in [4.78, 5) is 14.8. The molecule has 6 heteroatoms. The maximum atomic E-state index is 10.8. The number of carbonyl (C=O) groups is 1. The van der Waals surface area contributed by atoms with Crippen molar-refractivity contribution < 1.29 is 14.6 Å². The zero-order valence-electron chi connectivity index (χ0n) is 9.63. The summed E-state index contributed by atoms with van der Waals surface area (Å²) in [7, 11) is 1.62. The second kappa shape index (κ2) is 5.10. The van der Waals surface area contributed by atoms with Gasteiger partial charge < -0.3 is 14.4 Å². The van der Waals surface area contributed by atoms with Crippen molar-refractivity contribution in [2.75, 3.05) is 0 Å². The summed E-state index contributed by atoms with van der Waals surface area (Å²) in [6, 6.07) is 6.98. The SMILES string of the molecule is Cn1cc(COc2cccc(Cl)c2)nc1C(=O)O. The number of halogens is 1. The minimum atomic E-state index is -1.06. The molecule has 0 aliphatic carbocycles. The van der Waals surface area contributed by atoms with Crippen molar-refractivity contribution in [2.45, 2.75) is 6.61 Å². The number of imidazole rings is 1. The first kappa shape index (κ1) is 12.4. The van der Waals surface area contributed by atoms with Crippen molar-refractivity contribution >= 4 is 17.6 Å². The van der Waals surface area contributed by atoms with Gasteiger partial charge in [-0.2, -0.15) is 0 Å². The fourth-order valence-corrected chi connectivity index (χ4v) is 1.69. The first-order valence-electron chi connectivity index (χ1n) is 5.20. The van der Waals surface area contributed by atoms with Gasteiger partial charge in [0.25, 0.3) is 0 Å². The Morgan fingerprint density at radius 3 is 2.94 bits per heavy atom. The highest BCUT2D eigenvalue weighted by atomic mass is 35.5. The van der Waals surface area contributed by atoms with Gasteiger partial charge in [0.15, 0.2) is 0 Å². The monoisotopic (exact) mass is 266 g/mol. The van der Waals surface area contributed by atoms with Gasteiger partial charge in [-0.3, -0.25) is 0 Å². The van der Waals surface area contributed by atoms with E-state index in [9.17, 15) is 4.79 Å². The molecular weight excluding hydrogens is 256 g/mol. The Morgan fingerprint density at radius 2 is 2.33 bits per heavy atom. The van der Waals surface area contributed by atoms with Gasteiger partial charge in [-0.15, -0.1) is 0 Å². The van der Waals surface area contributed by atoms with Gasteiger partial charge in [0.1, 0.15) is 12.4 Å². The summed E-state index contributed by atoms with van der Waals surface area (Å²) in [5, 5.41) is 9.44. The number of aromatic nitrogens is 2. The van der Waals surface area contributed by atoms with Crippen LogP contribution >= 0.6 is 11.6 Å². The van der Waals surface area contributed by atoms with Crippen molar-refractivity contribution in [1.29, 1.82) is 0 Å². The molecule has 1 aromatic heterocycles. The van der Waals surface area contributed by atoms with E-state index in [1.165, 1.54) is 4.57 Å². The summed E-state index contributed by atoms with van der Waals surface area (Å²) < 4.78 is 6.91. The van der Waals surface area contributed by atoms with Gasteiger partial charge in [-0.1, -0.05) is 17.7 Å². The van der Waals surface area contributed by atoms with E-state index in [0.29, 0.717) is 16.5 Å². The van der Waals surface area contributed by atoms with Crippen LogP contribution in [0.15, 0.2) is 30.5 Å². The van der Waals surface area contributed by atoms with Crippen molar-refractivity contribution in [3.8, 4) is 5.75 Å². The predicted molar refractivity (Wildman–Crippen MR) is 66.0 cm³/mol. The van der Waals surface area contributed by atoms with Gasteiger partial charge in [0, 0.05) is 18.3 Å². The molecule has 1 aromatic carbocycles. The summed E-state index contributed by atoms with van der Waals surface area (Å²) in [5.74, 6) is -0.462. The number of carboxylic acid groups (broad SMARTS) is 1. The maximum absolute atomic E-state index is 10.8. The molecule has 0 saturated carbocycles. The number of rotatable bonds is 4. The highest BCUT2D eigenvalue weighted by Crippen LogP contribution is 2.18. The normalized spacial score (nSPS) is 10.3. The number of ether oxygens (including phenoxy) is 1. The molecule has 0 bridgehead atoms. The molecule has 0 unspecified atom stereocenters. The Kier molecular flexibility index (Phi) is 3.53. The van der Waals surface area contributed by atoms with Crippen LogP contribution in [-0.2, 0) is 13.7 Å². The highest BCUT2D eigenvalue weighted by molar-refractivity contribution is 6.30. The van der Waals surface area contributed by atoms with Crippen LogP contribution in [0.25, 0.3) is 0 Å². The molecule has 0 aliphatic heterocycles. The van der Waals surface area contributed by atoms with Crippen molar-refractivity contribution in [1.82, 2.24) is 9.55 Å². The number of carboxylic acids is 1. The lowest BCUT2D eigenvalue weighted by atomic mass is 10.3. The smallest absolute Gasteiger partial charge is 0.372 e. The Hall–Kier alpha value is -2.01. The van der Waals surface area contributed by atoms with Crippen LogP contribution in [0.1, 0.15) is 16.3 Å². The summed E-state index contributed by atoms with van der Waals surface area (Å²) in [6.45, 7) is 0.196. The van der Waals surface area contributed by atoms with Crippen LogP contribution in [0.5, 0.6) is 5.75 Å². The quantitative estimate of drug-likeness (QED) is 0.923. The molecule has 0 spiro atoms. The Bertz CT molecular complexity index is 580. The fraction of sp³-hybridized carbons (Fsp3) is 0.167. The van der Waals surface area contributed by atoms with Crippen molar-refractivity contribution in [3.05, 3.63) is 47.0 Å². The predicted octanol–water partition coefficient (Wildman–Crippen LogP) is 2.35. The topological polar surface area (TPSA) is 64.4 Å². The molecule has 0 aliphatic rings. The molecule has 0 fully saturated rings. The Balaban J connectivity index is 2.06. The summed E-state index contributed by atoms with van der Waals surface area (Å²) >= 11 is 5.82.